The zero-order valence-electron chi connectivity index (χ0n) is 18.4. The summed E-state index contributed by atoms with van der Waals surface area (Å²) in [6.07, 6.45) is 19.7. The van der Waals surface area contributed by atoms with Crippen LogP contribution < -0.4 is 4.89 Å². The van der Waals surface area contributed by atoms with Crippen LogP contribution in [0.4, 0.5) is 0 Å². The Kier molecular flexibility index (Phi) is 19.5. The van der Waals surface area contributed by atoms with E-state index in [4.69, 9.17) is 9.26 Å². The van der Waals surface area contributed by atoms with E-state index in [1.165, 1.54) is 83.5 Å². The van der Waals surface area contributed by atoms with E-state index < -0.39 is 13.3 Å². The molecule has 0 aromatic carbocycles. The van der Waals surface area contributed by atoms with Crippen LogP contribution >= 0.6 is 7.60 Å². The minimum Gasteiger partial charge on any atom is -0.778 e. The van der Waals surface area contributed by atoms with Crippen molar-refractivity contribution in [2.45, 2.75) is 123 Å². The molecule has 0 saturated carbocycles. The van der Waals surface area contributed by atoms with Crippen LogP contribution in [-0.4, -0.2) is 25.5 Å². The van der Waals surface area contributed by atoms with Gasteiger partial charge in [-0.25, -0.2) is 0 Å². The normalized spacial score (nSPS) is 14.0. The van der Waals surface area contributed by atoms with E-state index in [1.807, 2.05) is 0 Å². The van der Waals surface area contributed by atoms with Gasteiger partial charge in [0.25, 0.3) is 0 Å². The maximum Gasteiger partial charge on any atom is 0.137 e. The van der Waals surface area contributed by atoms with Crippen molar-refractivity contribution < 1.29 is 18.7 Å². The number of hydrogen-bond donors (Lipinski definition) is 0. The van der Waals surface area contributed by atoms with E-state index in [-0.39, 0.29) is 6.61 Å². The monoisotopic (exact) mass is 405 g/mol. The Bertz CT molecular complexity index is 347. The molecule has 0 aromatic heterocycles. The molecule has 5 heteroatoms. The molecule has 0 saturated heterocycles. The van der Waals surface area contributed by atoms with Crippen molar-refractivity contribution in [2.75, 3.05) is 19.8 Å². The third-order valence-electron chi connectivity index (χ3n) is 4.98. The minimum absolute atomic E-state index is 0.234. The summed E-state index contributed by atoms with van der Waals surface area (Å²) in [7, 11) is -3.66. The molecular weight excluding hydrogens is 359 g/mol. The Morgan fingerprint density at radius 3 is 1.52 bits per heavy atom. The number of ether oxygens (including phenoxy) is 1. The van der Waals surface area contributed by atoms with Crippen molar-refractivity contribution in [1.29, 1.82) is 0 Å². The van der Waals surface area contributed by atoms with Crippen LogP contribution in [-0.2, 0) is 13.8 Å². The summed E-state index contributed by atoms with van der Waals surface area (Å²) in [6, 6.07) is 0. The highest BCUT2D eigenvalue weighted by molar-refractivity contribution is 7.52. The van der Waals surface area contributed by atoms with Crippen molar-refractivity contribution in [3.05, 3.63) is 0 Å². The quantitative estimate of drug-likeness (QED) is 0.155. The van der Waals surface area contributed by atoms with Gasteiger partial charge in [-0.3, -0.25) is 0 Å². The minimum atomic E-state index is -3.66. The van der Waals surface area contributed by atoms with Crippen LogP contribution in [0, 0.1) is 0 Å². The summed E-state index contributed by atoms with van der Waals surface area (Å²) in [5.74, 6) is 0. The second kappa shape index (κ2) is 19.4. The molecule has 1 atom stereocenters. The first-order valence-corrected chi connectivity index (χ1v) is 13.1. The van der Waals surface area contributed by atoms with Gasteiger partial charge in [0, 0.05) is 18.9 Å². The third-order valence-corrected chi connectivity index (χ3v) is 6.79. The van der Waals surface area contributed by atoms with Crippen LogP contribution in [0.15, 0.2) is 0 Å². The molecule has 0 N–H and O–H groups in total. The summed E-state index contributed by atoms with van der Waals surface area (Å²) in [4.78, 5) is 11.5. The summed E-state index contributed by atoms with van der Waals surface area (Å²) in [5, 5.41) is 0. The first-order chi connectivity index (χ1) is 13.0. The van der Waals surface area contributed by atoms with Gasteiger partial charge in [-0.2, -0.15) is 0 Å². The Morgan fingerprint density at radius 2 is 1.07 bits per heavy atom. The Labute approximate surface area is 169 Å². The average Bonchev–Trinajstić information content (AvgIpc) is 2.63. The standard InChI is InChI=1S/C22H47O4P/c1-4-5-6-7-8-9-10-11-12-13-14-15-16-17-19-25-20-18-21-26-27(23,24)22(2)3/h22H,4-21H2,1-3H3,(H,23,24)/p-1. The van der Waals surface area contributed by atoms with Crippen LogP contribution in [0.5, 0.6) is 0 Å². The number of rotatable bonds is 21. The van der Waals surface area contributed by atoms with Gasteiger partial charge in [0.15, 0.2) is 0 Å². The van der Waals surface area contributed by atoms with Crippen LogP contribution in [0.3, 0.4) is 0 Å². The molecule has 0 fully saturated rings. The molecule has 0 bridgehead atoms. The van der Waals surface area contributed by atoms with Crippen LogP contribution in [0.25, 0.3) is 0 Å². The van der Waals surface area contributed by atoms with E-state index in [0.29, 0.717) is 13.0 Å². The van der Waals surface area contributed by atoms with Gasteiger partial charge in [0.1, 0.15) is 7.60 Å². The largest absolute Gasteiger partial charge is 0.778 e. The van der Waals surface area contributed by atoms with E-state index in [2.05, 4.69) is 6.92 Å². The average molecular weight is 406 g/mol. The van der Waals surface area contributed by atoms with E-state index in [9.17, 15) is 9.46 Å². The van der Waals surface area contributed by atoms with Gasteiger partial charge in [-0.05, 0) is 12.8 Å². The molecule has 0 spiro atoms. The third kappa shape index (κ3) is 19.2. The maximum absolute atomic E-state index is 11.5. The predicted molar refractivity (Wildman–Crippen MR) is 114 cm³/mol. The highest BCUT2D eigenvalue weighted by Gasteiger charge is 2.12. The molecule has 0 amide bonds. The molecule has 1 unspecified atom stereocenters. The van der Waals surface area contributed by atoms with Gasteiger partial charge in [0.2, 0.25) is 0 Å². The number of unbranched alkanes of at least 4 members (excludes halogenated alkanes) is 13. The molecule has 0 radical (unpaired) electrons. The lowest BCUT2D eigenvalue weighted by Gasteiger charge is -2.26. The van der Waals surface area contributed by atoms with Crippen molar-refractivity contribution in [2.24, 2.45) is 0 Å². The lowest BCUT2D eigenvalue weighted by Crippen LogP contribution is -2.15. The molecular formula is C22H46O4P-. The maximum atomic E-state index is 11.5. The predicted octanol–water partition coefficient (Wildman–Crippen LogP) is 6.85. The highest BCUT2D eigenvalue weighted by atomic mass is 31.2. The Hall–Kier alpha value is 0.110. The molecule has 4 nitrogen and oxygen atoms in total. The molecule has 164 valence electrons. The molecule has 0 aliphatic heterocycles. The van der Waals surface area contributed by atoms with Crippen molar-refractivity contribution in [1.82, 2.24) is 0 Å². The molecule has 27 heavy (non-hydrogen) atoms. The topological polar surface area (TPSA) is 58.6 Å². The lowest BCUT2D eigenvalue weighted by atomic mass is 10.0. The van der Waals surface area contributed by atoms with Crippen molar-refractivity contribution in [3.63, 3.8) is 0 Å². The van der Waals surface area contributed by atoms with Crippen molar-refractivity contribution in [3.8, 4) is 0 Å². The first-order valence-electron chi connectivity index (χ1n) is 11.5. The van der Waals surface area contributed by atoms with Crippen LogP contribution in [0.2, 0.25) is 0 Å². The fourth-order valence-electron chi connectivity index (χ4n) is 3.00. The summed E-state index contributed by atoms with van der Waals surface area (Å²) < 4.78 is 22.0. The van der Waals surface area contributed by atoms with Gasteiger partial charge < -0.3 is 18.7 Å². The highest BCUT2D eigenvalue weighted by Crippen LogP contribution is 2.42. The Morgan fingerprint density at radius 1 is 0.667 bits per heavy atom. The molecule has 0 rings (SSSR count). The summed E-state index contributed by atoms with van der Waals surface area (Å²) >= 11 is 0. The smallest absolute Gasteiger partial charge is 0.137 e. The second-order valence-electron chi connectivity index (χ2n) is 8.03. The second-order valence-corrected chi connectivity index (χ2v) is 10.4. The van der Waals surface area contributed by atoms with Crippen molar-refractivity contribution >= 4 is 7.60 Å². The first kappa shape index (κ1) is 27.1. The van der Waals surface area contributed by atoms with Gasteiger partial charge in [0.05, 0.1) is 6.61 Å². The van der Waals surface area contributed by atoms with E-state index in [0.717, 1.165) is 13.0 Å². The molecule has 0 aromatic rings. The number of hydrogen-bond acceptors (Lipinski definition) is 4. The molecule has 0 heterocycles. The van der Waals surface area contributed by atoms with Gasteiger partial charge in [-0.15, -0.1) is 0 Å². The molecule has 0 aliphatic carbocycles. The SMILES string of the molecule is CCCCCCCCCCCCCCCCOCCCOP(=O)([O-])C(C)C. The Balaban J connectivity index is 3.12. The van der Waals surface area contributed by atoms with Gasteiger partial charge >= 0.3 is 0 Å². The summed E-state index contributed by atoms with van der Waals surface area (Å²) in [5.41, 5.74) is -0.450. The lowest BCUT2D eigenvalue weighted by molar-refractivity contribution is -0.200. The van der Waals surface area contributed by atoms with Crippen LogP contribution in [0.1, 0.15) is 117 Å². The molecule has 0 aliphatic rings. The van der Waals surface area contributed by atoms with E-state index >= 15 is 0 Å². The summed E-state index contributed by atoms with van der Waals surface area (Å²) in [6.45, 7) is 7.14. The van der Waals surface area contributed by atoms with Gasteiger partial charge in [-0.1, -0.05) is 104 Å². The fourth-order valence-corrected chi connectivity index (χ4v) is 3.68. The zero-order valence-corrected chi connectivity index (χ0v) is 19.3. The zero-order chi connectivity index (χ0) is 20.2. The fraction of sp³-hybridized carbons (Fsp3) is 1.00. The van der Waals surface area contributed by atoms with E-state index in [1.54, 1.807) is 13.8 Å².